The number of hydrogen-bond acceptors (Lipinski definition) is 3. The maximum absolute atomic E-state index is 11.2. The molecule has 2 aromatic rings. The molecule has 1 aromatic heterocycles. The number of aromatic nitrogens is 1. The smallest absolute Gasteiger partial charge is 0.336 e. The Hall–Kier alpha value is -1.85. The number of hydrogen-bond donors (Lipinski definition) is 1. The van der Waals surface area contributed by atoms with Crippen molar-refractivity contribution in [2.24, 2.45) is 0 Å². The highest BCUT2D eigenvalue weighted by molar-refractivity contribution is 6.02. The summed E-state index contributed by atoms with van der Waals surface area (Å²) in [7, 11) is 0. The zero-order chi connectivity index (χ0) is 13.9. The van der Waals surface area contributed by atoms with Gasteiger partial charge in [-0.3, -0.25) is 0 Å². The lowest BCUT2D eigenvalue weighted by Gasteiger charge is -2.23. The van der Waals surface area contributed by atoms with Gasteiger partial charge in [-0.2, -0.15) is 0 Å². The quantitative estimate of drug-likeness (QED) is 0.931. The Bertz CT molecular complexity index is 613. The Balaban J connectivity index is 1.78. The second-order valence-electron chi connectivity index (χ2n) is 4.87. The number of benzene rings is 1. The van der Waals surface area contributed by atoms with Gasteiger partial charge in [-0.25, -0.2) is 4.79 Å². The minimum absolute atomic E-state index is 0.149. The Morgan fingerprint density at radius 3 is 2.85 bits per heavy atom. The summed E-state index contributed by atoms with van der Waals surface area (Å²) in [6.45, 7) is 2.25. The van der Waals surface area contributed by atoms with Crippen LogP contribution in [0.1, 0.15) is 23.2 Å². The van der Waals surface area contributed by atoms with Crippen LogP contribution in [0.4, 0.5) is 0 Å². The number of rotatable bonds is 4. The number of fused-ring (bicyclic) bond motifs is 1. The molecule has 0 atom stereocenters. The first-order chi connectivity index (χ1) is 9.75. The monoisotopic (exact) mass is 275 g/mol. The summed E-state index contributed by atoms with van der Waals surface area (Å²) >= 11 is 0. The molecule has 5 heteroatoms. The van der Waals surface area contributed by atoms with Crippen LogP contribution in [0, 0.1) is 0 Å². The molecule has 106 valence electrons. The van der Waals surface area contributed by atoms with Crippen molar-refractivity contribution in [2.45, 2.75) is 25.7 Å². The highest BCUT2D eigenvalue weighted by atomic mass is 16.7. The second kappa shape index (κ2) is 5.64. The van der Waals surface area contributed by atoms with E-state index in [0.717, 1.165) is 43.5 Å². The molecule has 2 heterocycles. The van der Waals surface area contributed by atoms with Crippen molar-refractivity contribution in [3.05, 3.63) is 36.0 Å². The van der Waals surface area contributed by atoms with E-state index in [1.54, 1.807) is 12.1 Å². The molecular weight excluding hydrogens is 258 g/mol. The van der Waals surface area contributed by atoms with E-state index in [0.29, 0.717) is 5.56 Å². The summed E-state index contributed by atoms with van der Waals surface area (Å²) in [5.41, 5.74) is 1.27. The molecule has 20 heavy (non-hydrogen) atoms. The maximum atomic E-state index is 11.2. The van der Waals surface area contributed by atoms with E-state index in [1.165, 1.54) is 0 Å². The van der Waals surface area contributed by atoms with Gasteiger partial charge < -0.3 is 19.1 Å². The third-order valence-corrected chi connectivity index (χ3v) is 3.55. The fourth-order valence-electron chi connectivity index (χ4n) is 2.55. The van der Waals surface area contributed by atoms with E-state index in [2.05, 4.69) is 0 Å². The normalized spacial score (nSPS) is 16.6. The van der Waals surface area contributed by atoms with Gasteiger partial charge in [0, 0.05) is 30.1 Å². The molecule has 0 amide bonds. The van der Waals surface area contributed by atoms with E-state index in [-0.39, 0.29) is 6.29 Å². The molecular formula is C15H17NO4. The van der Waals surface area contributed by atoms with Crippen LogP contribution >= 0.6 is 0 Å². The van der Waals surface area contributed by atoms with E-state index in [4.69, 9.17) is 9.47 Å². The van der Waals surface area contributed by atoms with Crippen molar-refractivity contribution in [1.29, 1.82) is 0 Å². The van der Waals surface area contributed by atoms with E-state index >= 15 is 0 Å². The highest BCUT2D eigenvalue weighted by Crippen LogP contribution is 2.21. The molecule has 1 fully saturated rings. The lowest BCUT2D eigenvalue weighted by molar-refractivity contribution is -0.182. The molecule has 1 saturated heterocycles. The molecule has 1 aliphatic heterocycles. The number of carboxylic acids is 1. The van der Waals surface area contributed by atoms with Crippen LogP contribution in [0.5, 0.6) is 0 Å². The van der Waals surface area contributed by atoms with Crippen LogP contribution in [0.3, 0.4) is 0 Å². The van der Waals surface area contributed by atoms with Gasteiger partial charge in [-0.05, 0) is 24.6 Å². The molecule has 0 aliphatic carbocycles. The fraction of sp³-hybridized carbons (Fsp3) is 0.400. The lowest BCUT2D eigenvalue weighted by Crippen LogP contribution is -2.25. The Kier molecular flexibility index (Phi) is 3.71. The molecule has 3 rings (SSSR count). The van der Waals surface area contributed by atoms with E-state index in [1.807, 2.05) is 22.9 Å². The maximum Gasteiger partial charge on any atom is 0.336 e. The minimum atomic E-state index is -0.896. The van der Waals surface area contributed by atoms with E-state index < -0.39 is 5.97 Å². The molecule has 0 unspecified atom stereocenters. The summed E-state index contributed by atoms with van der Waals surface area (Å²) in [6.07, 6.45) is 3.48. The van der Waals surface area contributed by atoms with Crippen molar-refractivity contribution >= 4 is 16.9 Å². The van der Waals surface area contributed by atoms with Gasteiger partial charge in [-0.15, -0.1) is 0 Å². The van der Waals surface area contributed by atoms with E-state index in [9.17, 15) is 9.90 Å². The Labute approximate surface area is 116 Å². The van der Waals surface area contributed by atoms with Gasteiger partial charge in [0.15, 0.2) is 6.29 Å². The van der Waals surface area contributed by atoms with Gasteiger partial charge in [0.05, 0.1) is 18.8 Å². The average molecular weight is 275 g/mol. The highest BCUT2D eigenvalue weighted by Gasteiger charge is 2.15. The zero-order valence-corrected chi connectivity index (χ0v) is 11.1. The van der Waals surface area contributed by atoms with Crippen molar-refractivity contribution < 1.29 is 19.4 Å². The molecule has 0 saturated carbocycles. The molecule has 0 bridgehead atoms. The van der Waals surface area contributed by atoms with Gasteiger partial charge in [-0.1, -0.05) is 6.07 Å². The lowest BCUT2D eigenvalue weighted by atomic mass is 10.1. The summed E-state index contributed by atoms with van der Waals surface area (Å²) in [4.78, 5) is 11.2. The first-order valence-corrected chi connectivity index (χ1v) is 6.80. The Morgan fingerprint density at radius 2 is 2.10 bits per heavy atom. The predicted octanol–water partition coefficient (Wildman–Crippen LogP) is 2.49. The summed E-state index contributed by atoms with van der Waals surface area (Å²) in [6, 6.07) is 7.18. The van der Waals surface area contributed by atoms with Crippen LogP contribution in [-0.2, 0) is 16.0 Å². The van der Waals surface area contributed by atoms with Crippen LogP contribution in [0.2, 0.25) is 0 Å². The zero-order valence-electron chi connectivity index (χ0n) is 11.1. The third-order valence-electron chi connectivity index (χ3n) is 3.55. The molecule has 0 radical (unpaired) electrons. The molecule has 5 nitrogen and oxygen atoms in total. The van der Waals surface area contributed by atoms with Gasteiger partial charge >= 0.3 is 5.97 Å². The molecule has 1 aromatic carbocycles. The van der Waals surface area contributed by atoms with Crippen LogP contribution in [-0.4, -0.2) is 35.1 Å². The van der Waals surface area contributed by atoms with Crippen molar-refractivity contribution in [3.8, 4) is 0 Å². The second-order valence-corrected chi connectivity index (χ2v) is 4.87. The van der Waals surface area contributed by atoms with Gasteiger partial charge in [0.25, 0.3) is 0 Å². The standard InChI is InChI=1S/C15H17NO4/c17-15(18)12-3-1-4-13-11(12)5-7-16(13)8-6-14-19-9-2-10-20-14/h1,3-5,7,14H,2,6,8-10H2,(H,17,18). The van der Waals surface area contributed by atoms with Crippen LogP contribution in [0.15, 0.2) is 30.5 Å². The van der Waals surface area contributed by atoms with Crippen molar-refractivity contribution in [3.63, 3.8) is 0 Å². The topological polar surface area (TPSA) is 60.7 Å². The summed E-state index contributed by atoms with van der Waals surface area (Å²) in [5, 5.41) is 9.95. The number of ether oxygens (including phenoxy) is 2. The number of aromatic carboxylic acids is 1. The molecule has 1 aliphatic rings. The molecule has 1 N–H and O–H groups in total. The fourth-order valence-corrected chi connectivity index (χ4v) is 2.55. The van der Waals surface area contributed by atoms with Crippen molar-refractivity contribution in [2.75, 3.05) is 13.2 Å². The number of nitrogens with zero attached hydrogens (tertiary/aromatic N) is 1. The van der Waals surface area contributed by atoms with Gasteiger partial charge in [0.2, 0.25) is 0 Å². The first-order valence-electron chi connectivity index (χ1n) is 6.80. The molecule has 0 spiro atoms. The van der Waals surface area contributed by atoms with Crippen molar-refractivity contribution in [1.82, 2.24) is 4.57 Å². The third kappa shape index (κ3) is 2.55. The largest absolute Gasteiger partial charge is 0.478 e. The number of carbonyl (C=O) groups is 1. The minimum Gasteiger partial charge on any atom is -0.478 e. The summed E-state index contributed by atoms with van der Waals surface area (Å²) in [5.74, 6) is -0.896. The average Bonchev–Trinajstić information content (AvgIpc) is 2.89. The van der Waals surface area contributed by atoms with Crippen LogP contribution < -0.4 is 0 Å². The SMILES string of the molecule is O=C(O)c1cccc2c1ccn2CCC1OCCCO1. The number of carboxylic acid groups (broad SMARTS) is 1. The summed E-state index contributed by atoms with van der Waals surface area (Å²) < 4.78 is 13.1. The van der Waals surface area contributed by atoms with Crippen LogP contribution in [0.25, 0.3) is 10.9 Å². The number of aryl methyl sites for hydroxylation is 1. The Morgan fingerprint density at radius 1 is 1.30 bits per heavy atom. The van der Waals surface area contributed by atoms with Gasteiger partial charge in [0.1, 0.15) is 0 Å². The predicted molar refractivity (Wildman–Crippen MR) is 73.8 cm³/mol. The first kappa shape index (κ1) is 13.1.